The summed E-state index contributed by atoms with van der Waals surface area (Å²) in [6.07, 6.45) is 1.02. The van der Waals surface area contributed by atoms with Gasteiger partial charge < -0.3 is 15.7 Å². The van der Waals surface area contributed by atoms with Gasteiger partial charge in [0.2, 0.25) is 0 Å². The number of rotatable bonds is 7. The van der Waals surface area contributed by atoms with E-state index >= 15 is 0 Å². The molecule has 0 aromatic heterocycles. The van der Waals surface area contributed by atoms with E-state index in [2.05, 4.69) is 57.4 Å². The summed E-state index contributed by atoms with van der Waals surface area (Å²) in [5.74, 6) is 0. The van der Waals surface area contributed by atoms with E-state index in [-0.39, 0.29) is 17.6 Å². The van der Waals surface area contributed by atoms with Crippen molar-refractivity contribution in [3.63, 3.8) is 0 Å². The van der Waals surface area contributed by atoms with Gasteiger partial charge in [-0.1, -0.05) is 68.9 Å². The Balaban J connectivity index is 2.02. The highest BCUT2D eigenvalue weighted by Gasteiger charge is 2.25. The number of hydrogen-bond acceptors (Lipinski definition) is 3. The highest BCUT2D eigenvalue weighted by atomic mass is 32.2. The standard InChI is InChI=1S/C23H32N2OS2/c1-22(2,3)16-23(4,5)25-21(27)24-14-17-10-6-8-12-19(17)28-20-13-9-7-11-18(20)15-26/h6-13,26H,14-16H2,1-5H3,(H2,24,25,27). The summed E-state index contributed by atoms with van der Waals surface area (Å²) in [5, 5.41) is 17.1. The van der Waals surface area contributed by atoms with E-state index in [4.69, 9.17) is 12.2 Å². The van der Waals surface area contributed by atoms with Crippen molar-refractivity contribution in [2.75, 3.05) is 0 Å². The van der Waals surface area contributed by atoms with Crippen molar-refractivity contribution in [2.45, 2.75) is 69.5 Å². The third-order valence-electron chi connectivity index (χ3n) is 4.20. The molecule has 0 heterocycles. The van der Waals surface area contributed by atoms with E-state index in [1.807, 2.05) is 36.4 Å². The van der Waals surface area contributed by atoms with E-state index in [0.717, 1.165) is 21.8 Å². The summed E-state index contributed by atoms with van der Waals surface area (Å²) >= 11 is 7.22. The van der Waals surface area contributed by atoms with Crippen molar-refractivity contribution in [1.29, 1.82) is 0 Å². The van der Waals surface area contributed by atoms with Gasteiger partial charge in [0.15, 0.2) is 5.11 Å². The molecule has 2 rings (SSSR count). The van der Waals surface area contributed by atoms with E-state index in [1.165, 1.54) is 5.56 Å². The van der Waals surface area contributed by atoms with Gasteiger partial charge in [-0.05, 0) is 61.2 Å². The lowest BCUT2D eigenvalue weighted by molar-refractivity contribution is 0.266. The lowest BCUT2D eigenvalue weighted by Crippen LogP contribution is -2.49. The van der Waals surface area contributed by atoms with Gasteiger partial charge in [-0.25, -0.2) is 0 Å². The molecule has 3 nitrogen and oxygen atoms in total. The third kappa shape index (κ3) is 7.46. The maximum absolute atomic E-state index is 9.58. The SMILES string of the molecule is CC(C)(C)CC(C)(C)NC(=S)NCc1ccccc1Sc1ccccc1CO. The highest BCUT2D eigenvalue weighted by Crippen LogP contribution is 2.33. The second-order valence-electron chi connectivity index (χ2n) is 8.90. The van der Waals surface area contributed by atoms with Crippen LogP contribution in [0.1, 0.15) is 52.2 Å². The lowest BCUT2D eigenvalue weighted by atomic mass is 9.82. The van der Waals surface area contributed by atoms with Crippen LogP contribution in [0.15, 0.2) is 58.3 Å². The third-order valence-corrected chi connectivity index (χ3v) is 5.68. The van der Waals surface area contributed by atoms with Crippen molar-refractivity contribution in [2.24, 2.45) is 5.41 Å². The summed E-state index contributed by atoms with van der Waals surface area (Å²) < 4.78 is 0. The Kier molecular flexibility index (Phi) is 7.93. The van der Waals surface area contributed by atoms with Gasteiger partial charge in [0, 0.05) is 21.9 Å². The van der Waals surface area contributed by atoms with Crippen LogP contribution in [-0.2, 0) is 13.2 Å². The summed E-state index contributed by atoms with van der Waals surface area (Å²) in [4.78, 5) is 2.23. The van der Waals surface area contributed by atoms with E-state index in [0.29, 0.717) is 11.7 Å². The van der Waals surface area contributed by atoms with Crippen LogP contribution in [0.5, 0.6) is 0 Å². The van der Waals surface area contributed by atoms with Crippen molar-refractivity contribution >= 4 is 29.1 Å². The Morgan fingerprint density at radius 3 is 2.04 bits per heavy atom. The Labute approximate surface area is 179 Å². The average Bonchev–Trinajstić information content (AvgIpc) is 2.59. The normalized spacial score (nSPS) is 11.9. The first kappa shape index (κ1) is 22.7. The number of benzene rings is 2. The highest BCUT2D eigenvalue weighted by molar-refractivity contribution is 7.99. The van der Waals surface area contributed by atoms with E-state index in [1.54, 1.807) is 11.8 Å². The first-order valence-electron chi connectivity index (χ1n) is 9.60. The molecule has 0 bridgehead atoms. The zero-order valence-corrected chi connectivity index (χ0v) is 19.1. The quantitative estimate of drug-likeness (QED) is 0.520. The fourth-order valence-electron chi connectivity index (χ4n) is 3.50. The summed E-state index contributed by atoms with van der Waals surface area (Å²) in [6, 6.07) is 16.2. The first-order chi connectivity index (χ1) is 13.1. The topological polar surface area (TPSA) is 44.3 Å². The van der Waals surface area contributed by atoms with Crippen molar-refractivity contribution in [3.8, 4) is 0 Å². The molecule has 3 N–H and O–H groups in total. The average molecular weight is 417 g/mol. The summed E-state index contributed by atoms with van der Waals surface area (Å²) in [6.45, 7) is 11.8. The van der Waals surface area contributed by atoms with Crippen molar-refractivity contribution in [1.82, 2.24) is 10.6 Å². The number of aliphatic hydroxyl groups excluding tert-OH is 1. The molecule has 152 valence electrons. The van der Waals surface area contributed by atoms with Crippen LogP contribution in [0.2, 0.25) is 0 Å². The first-order valence-corrected chi connectivity index (χ1v) is 10.8. The van der Waals surface area contributed by atoms with Gasteiger partial charge in [0.05, 0.1) is 6.61 Å². The van der Waals surface area contributed by atoms with Gasteiger partial charge >= 0.3 is 0 Å². The van der Waals surface area contributed by atoms with Gasteiger partial charge in [-0.2, -0.15) is 0 Å². The molecule has 2 aromatic carbocycles. The van der Waals surface area contributed by atoms with Crippen molar-refractivity contribution < 1.29 is 5.11 Å². The molecule has 0 atom stereocenters. The van der Waals surface area contributed by atoms with Gasteiger partial charge in [0.1, 0.15) is 0 Å². The Morgan fingerprint density at radius 1 is 0.929 bits per heavy atom. The fraction of sp³-hybridized carbons (Fsp3) is 0.435. The number of hydrogen-bond donors (Lipinski definition) is 3. The monoisotopic (exact) mass is 416 g/mol. The van der Waals surface area contributed by atoms with Crippen LogP contribution < -0.4 is 10.6 Å². The zero-order chi connectivity index (χ0) is 20.8. The molecule has 0 saturated carbocycles. The van der Waals surface area contributed by atoms with Crippen molar-refractivity contribution in [3.05, 3.63) is 59.7 Å². The number of nitrogens with one attached hydrogen (secondary N) is 2. The van der Waals surface area contributed by atoms with Crippen LogP contribution in [-0.4, -0.2) is 15.8 Å². The summed E-state index contributed by atoms with van der Waals surface area (Å²) in [5.41, 5.74) is 2.28. The molecular weight excluding hydrogens is 384 g/mol. The minimum absolute atomic E-state index is 0.0421. The molecule has 28 heavy (non-hydrogen) atoms. The molecule has 0 aliphatic carbocycles. The number of thiocarbonyl (C=S) groups is 1. The molecule has 0 saturated heterocycles. The maximum atomic E-state index is 9.58. The predicted molar refractivity (Wildman–Crippen MR) is 124 cm³/mol. The lowest BCUT2D eigenvalue weighted by Gasteiger charge is -2.34. The largest absolute Gasteiger partial charge is 0.392 e. The second-order valence-corrected chi connectivity index (χ2v) is 10.4. The molecular formula is C23H32N2OS2. The smallest absolute Gasteiger partial charge is 0.166 e. The minimum Gasteiger partial charge on any atom is -0.392 e. The molecule has 5 heteroatoms. The molecule has 0 amide bonds. The Hall–Kier alpha value is -1.56. The molecule has 0 fully saturated rings. The van der Waals surface area contributed by atoms with Crippen LogP contribution in [0.25, 0.3) is 0 Å². The van der Waals surface area contributed by atoms with Crippen LogP contribution in [0.4, 0.5) is 0 Å². The molecule has 0 aliphatic rings. The zero-order valence-electron chi connectivity index (χ0n) is 17.5. The van der Waals surface area contributed by atoms with Gasteiger partial charge in [-0.3, -0.25) is 0 Å². The molecule has 0 aliphatic heterocycles. The molecule has 0 spiro atoms. The summed E-state index contributed by atoms with van der Waals surface area (Å²) in [7, 11) is 0. The van der Waals surface area contributed by atoms with Crippen LogP contribution >= 0.6 is 24.0 Å². The molecule has 0 unspecified atom stereocenters. The van der Waals surface area contributed by atoms with Crippen LogP contribution in [0, 0.1) is 5.41 Å². The van der Waals surface area contributed by atoms with Gasteiger partial charge in [0.25, 0.3) is 0 Å². The maximum Gasteiger partial charge on any atom is 0.166 e. The predicted octanol–water partition coefficient (Wildman–Crippen LogP) is 5.51. The second kappa shape index (κ2) is 9.77. The van der Waals surface area contributed by atoms with E-state index in [9.17, 15) is 5.11 Å². The minimum atomic E-state index is -0.0728. The molecule has 2 aromatic rings. The number of aliphatic hydroxyl groups is 1. The van der Waals surface area contributed by atoms with E-state index < -0.39 is 0 Å². The Morgan fingerprint density at radius 2 is 1.46 bits per heavy atom. The molecule has 0 radical (unpaired) electrons. The van der Waals surface area contributed by atoms with Crippen LogP contribution in [0.3, 0.4) is 0 Å². The Bertz CT molecular complexity index is 797. The fourth-order valence-corrected chi connectivity index (χ4v) is 4.91. The van der Waals surface area contributed by atoms with Gasteiger partial charge in [-0.15, -0.1) is 0 Å².